The number of pyridine rings is 1. The van der Waals surface area contributed by atoms with E-state index in [1.807, 2.05) is 10.3 Å². The lowest BCUT2D eigenvalue weighted by molar-refractivity contribution is -0.367. The van der Waals surface area contributed by atoms with Crippen molar-refractivity contribution < 1.29 is 18.2 Å². The molecule has 3 rings (SSSR count). The van der Waals surface area contributed by atoms with Gasteiger partial charge in [0.15, 0.2) is 5.13 Å². The number of hydrogen-bond acceptors (Lipinski definition) is 4. The number of aromatic amines is 1. The van der Waals surface area contributed by atoms with Crippen molar-refractivity contribution in [2.45, 2.75) is 12.1 Å². The van der Waals surface area contributed by atoms with E-state index in [4.69, 9.17) is 23.2 Å². The minimum atomic E-state index is -4.41. The minimum absolute atomic E-state index is 0.0666. The van der Waals surface area contributed by atoms with Crippen molar-refractivity contribution in [2.75, 3.05) is 36.0 Å². The van der Waals surface area contributed by atoms with Crippen molar-refractivity contribution in [1.82, 2.24) is 4.98 Å². The normalized spacial score (nSPS) is 15.9. The van der Waals surface area contributed by atoms with Gasteiger partial charge in [0.25, 0.3) is 5.82 Å². The highest BCUT2D eigenvalue weighted by Crippen LogP contribution is 2.32. The Bertz CT molecular complexity index is 714. The molecule has 1 aliphatic heterocycles. The molecule has 0 unspecified atom stereocenters. The fourth-order valence-electron chi connectivity index (χ4n) is 2.49. The molecule has 4 nitrogen and oxygen atoms in total. The van der Waals surface area contributed by atoms with Gasteiger partial charge in [0.1, 0.15) is 24.3 Å². The molecule has 2 aromatic heterocycles. The summed E-state index contributed by atoms with van der Waals surface area (Å²) in [6.07, 6.45) is -3.47. The molecule has 3 heterocycles. The zero-order chi connectivity index (χ0) is 17.3. The summed E-state index contributed by atoms with van der Waals surface area (Å²) in [4.78, 5) is 11.2. The van der Waals surface area contributed by atoms with Gasteiger partial charge >= 0.3 is 6.18 Å². The van der Waals surface area contributed by atoms with Gasteiger partial charge < -0.3 is 4.90 Å². The number of halogens is 5. The summed E-state index contributed by atoms with van der Waals surface area (Å²) in [6, 6.07) is 0.952. The van der Waals surface area contributed by atoms with Crippen LogP contribution in [-0.2, 0) is 12.1 Å². The highest BCUT2D eigenvalue weighted by atomic mass is 35.5. The highest BCUT2D eigenvalue weighted by molar-refractivity contribution is 7.13. The van der Waals surface area contributed by atoms with E-state index < -0.39 is 11.7 Å². The lowest BCUT2D eigenvalue weighted by atomic mass is 10.2. The lowest BCUT2D eigenvalue weighted by Gasteiger charge is -2.31. The second-order valence-corrected chi connectivity index (χ2v) is 6.82. The second kappa shape index (κ2) is 6.93. The van der Waals surface area contributed by atoms with Crippen LogP contribution in [0.1, 0.15) is 11.3 Å². The third-order valence-electron chi connectivity index (χ3n) is 3.74. The number of alkyl halides is 4. The largest absolute Gasteiger partial charge is 0.419 e. The summed E-state index contributed by atoms with van der Waals surface area (Å²) in [7, 11) is 0. The third kappa shape index (κ3) is 3.70. The fourth-order valence-corrected chi connectivity index (χ4v) is 3.89. The van der Waals surface area contributed by atoms with E-state index in [2.05, 4.69) is 14.9 Å². The van der Waals surface area contributed by atoms with E-state index in [1.165, 1.54) is 11.3 Å². The number of aromatic nitrogens is 2. The maximum Gasteiger partial charge on any atom is 0.419 e. The van der Waals surface area contributed by atoms with Crippen molar-refractivity contribution in [1.29, 1.82) is 0 Å². The van der Waals surface area contributed by atoms with Crippen LogP contribution in [0.4, 0.5) is 24.1 Å². The molecule has 0 saturated carbocycles. The molecule has 10 heteroatoms. The predicted molar refractivity (Wildman–Crippen MR) is 89.1 cm³/mol. The third-order valence-corrected chi connectivity index (χ3v) is 5.26. The summed E-state index contributed by atoms with van der Waals surface area (Å²) in [5, 5.41) is 2.90. The van der Waals surface area contributed by atoms with E-state index in [0.717, 1.165) is 23.1 Å². The van der Waals surface area contributed by atoms with Crippen LogP contribution in [0.2, 0.25) is 5.02 Å². The van der Waals surface area contributed by atoms with Crippen molar-refractivity contribution in [3.05, 3.63) is 33.9 Å². The number of rotatable bonds is 3. The SMILES string of the molecule is FC(F)(F)c1c[nH+]c(N2CCN(c3nc(CCl)cs3)CC2)c(Cl)c1. The van der Waals surface area contributed by atoms with Gasteiger partial charge in [-0.3, -0.25) is 4.90 Å². The van der Waals surface area contributed by atoms with Gasteiger partial charge in [-0.1, -0.05) is 11.6 Å². The van der Waals surface area contributed by atoms with E-state index in [0.29, 0.717) is 37.9 Å². The molecule has 0 aromatic carbocycles. The Kier molecular flexibility index (Phi) is 5.08. The van der Waals surface area contributed by atoms with Crippen molar-refractivity contribution in [3.8, 4) is 0 Å². The quantitative estimate of drug-likeness (QED) is 0.740. The first kappa shape index (κ1) is 17.6. The van der Waals surface area contributed by atoms with E-state index >= 15 is 0 Å². The van der Waals surface area contributed by atoms with Crippen LogP contribution in [0.5, 0.6) is 0 Å². The van der Waals surface area contributed by atoms with Gasteiger partial charge in [0, 0.05) is 5.38 Å². The first-order chi connectivity index (χ1) is 11.4. The van der Waals surface area contributed by atoms with Gasteiger partial charge in [-0.25, -0.2) is 9.97 Å². The van der Waals surface area contributed by atoms with Crippen LogP contribution in [0, 0.1) is 0 Å². The Morgan fingerprint density at radius 2 is 1.88 bits per heavy atom. The van der Waals surface area contributed by atoms with Gasteiger partial charge in [0.2, 0.25) is 0 Å². The molecule has 1 N–H and O–H groups in total. The minimum Gasteiger partial charge on any atom is -0.340 e. The maximum absolute atomic E-state index is 12.7. The second-order valence-electron chi connectivity index (χ2n) is 5.31. The van der Waals surface area contributed by atoms with Gasteiger partial charge in [-0.15, -0.1) is 22.9 Å². The molecule has 0 radical (unpaired) electrons. The Labute approximate surface area is 150 Å². The molecule has 1 saturated heterocycles. The van der Waals surface area contributed by atoms with E-state index in [-0.39, 0.29) is 5.02 Å². The van der Waals surface area contributed by atoms with E-state index in [1.54, 1.807) is 0 Å². The summed E-state index contributed by atoms with van der Waals surface area (Å²) in [5.74, 6) is 0.886. The molecule has 0 spiro atoms. The standard InChI is InChI=1S/C14H13Cl2F3N4S/c15-6-10-8-24-13(21-10)23-3-1-22(2-4-23)12-11(16)5-9(7-20-12)14(17,18)19/h5,7-8H,1-4,6H2/p+1. The van der Waals surface area contributed by atoms with Crippen LogP contribution in [-0.4, -0.2) is 31.2 Å². The molecule has 1 fully saturated rings. The lowest BCUT2D eigenvalue weighted by Crippen LogP contribution is -2.48. The number of anilines is 2. The summed E-state index contributed by atoms with van der Waals surface area (Å²) < 4.78 is 38.1. The van der Waals surface area contributed by atoms with Crippen molar-refractivity contribution in [3.63, 3.8) is 0 Å². The maximum atomic E-state index is 12.7. The highest BCUT2D eigenvalue weighted by Gasteiger charge is 2.34. The molecular formula is C14H14Cl2F3N4S+. The Hall–Kier alpha value is -1.25. The monoisotopic (exact) mass is 397 g/mol. The summed E-state index contributed by atoms with van der Waals surface area (Å²) >= 11 is 13.3. The van der Waals surface area contributed by atoms with Crippen LogP contribution in [0.3, 0.4) is 0 Å². The fraction of sp³-hybridized carbons (Fsp3) is 0.429. The number of H-pyrrole nitrogens is 1. The van der Waals surface area contributed by atoms with Crippen LogP contribution >= 0.6 is 34.5 Å². The molecule has 24 heavy (non-hydrogen) atoms. The first-order valence-electron chi connectivity index (χ1n) is 7.17. The Morgan fingerprint density at radius 1 is 1.21 bits per heavy atom. The van der Waals surface area contributed by atoms with Gasteiger partial charge in [-0.2, -0.15) is 13.2 Å². The average Bonchev–Trinajstić information content (AvgIpc) is 3.03. The Morgan fingerprint density at radius 3 is 2.42 bits per heavy atom. The van der Waals surface area contributed by atoms with Crippen molar-refractivity contribution >= 4 is 45.5 Å². The molecule has 0 amide bonds. The van der Waals surface area contributed by atoms with E-state index in [9.17, 15) is 13.2 Å². The summed E-state index contributed by atoms with van der Waals surface area (Å²) in [6.45, 7) is 2.69. The van der Waals surface area contributed by atoms with Gasteiger partial charge in [-0.05, 0) is 6.07 Å². The molecule has 2 aromatic rings. The Balaban J connectivity index is 1.68. The van der Waals surface area contributed by atoms with Crippen LogP contribution < -0.4 is 14.8 Å². The zero-order valence-corrected chi connectivity index (χ0v) is 14.7. The van der Waals surface area contributed by atoms with Crippen LogP contribution in [0.25, 0.3) is 0 Å². The molecule has 0 atom stereocenters. The number of thiazole rings is 1. The molecule has 130 valence electrons. The first-order valence-corrected chi connectivity index (χ1v) is 8.96. The molecule has 1 aliphatic rings. The zero-order valence-electron chi connectivity index (χ0n) is 12.4. The topological polar surface area (TPSA) is 33.5 Å². The average molecular weight is 398 g/mol. The van der Waals surface area contributed by atoms with Crippen LogP contribution in [0.15, 0.2) is 17.6 Å². The predicted octanol–water partition coefficient (Wildman–Crippen LogP) is 3.69. The number of hydrogen-bond donors (Lipinski definition) is 0. The van der Waals surface area contributed by atoms with Gasteiger partial charge in [0.05, 0.1) is 30.2 Å². The number of nitrogens with zero attached hydrogens (tertiary/aromatic N) is 3. The molecular weight excluding hydrogens is 384 g/mol. The molecule has 0 bridgehead atoms. The number of piperazine rings is 1. The van der Waals surface area contributed by atoms with Crippen molar-refractivity contribution in [2.24, 2.45) is 0 Å². The smallest absolute Gasteiger partial charge is 0.340 e. The number of nitrogens with one attached hydrogen (secondary N) is 1. The molecule has 0 aliphatic carbocycles. The summed E-state index contributed by atoms with van der Waals surface area (Å²) in [5.41, 5.74) is 0.0597.